The fourth-order valence-electron chi connectivity index (χ4n) is 2.64. The summed E-state index contributed by atoms with van der Waals surface area (Å²) in [4.78, 5) is 11.4. The van der Waals surface area contributed by atoms with E-state index in [1.54, 1.807) is 6.92 Å². The maximum Gasteiger partial charge on any atom is 0.333 e. The highest BCUT2D eigenvalue weighted by atomic mass is 28.3. The molecular formula is C20H24O2Si. The smallest absolute Gasteiger partial charge is 0.333 e. The van der Waals surface area contributed by atoms with Gasteiger partial charge >= 0.3 is 5.97 Å². The summed E-state index contributed by atoms with van der Waals surface area (Å²) >= 11 is 0. The molecule has 2 nitrogen and oxygen atoms in total. The van der Waals surface area contributed by atoms with E-state index in [2.05, 4.69) is 67.2 Å². The highest BCUT2D eigenvalue weighted by molar-refractivity contribution is 6.85. The normalized spacial score (nSPS) is 10.5. The minimum Gasteiger partial charge on any atom is -0.462 e. The molecule has 0 amide bonds. The molecule has 0 unspecified atom stereocenters. The molecule has 2 aromatic rings. The highest BCUT2D eigenvalue weighted by Gasteiger charge is 2.15. The van der Waals surface area contributed by atoms with Gasteiger partial charge in [0.2, 0.25) is 0 Å². The Morgan fingerprint density at radius 2 is 1.48 bits per heavy atom. The summed E-state index contributed by atoms with van der Waals surface area (Å²) in [6.45, 7) is 5.75. The number of unbranched alkanes of at least 4 members (excludes halogenated alkanes) is 1. The number of ether oxygens (including phenoxy) is 1. The van der Waals surface area contributed by atoms with E-state index in [4.69, 9.17) is 4.74 Å². The highest BCUT2D eigenvalue weighted by Crippen LogP contribution is 2.05. The van der Waals surface area contributed by atoms with Crippen LogP contribution >= 0.6 is 0 Å². The molecular weight excluding hydrogens is 300 g/mol. The molecule has 0 aliphatic carbocycles. The van der Waals surface area contributed by atoms with Gasteiger partial charge in [-0.2, -0.15) is 0 Å². The number of hydrogen-bond donors (Lipinski definition) is 0. The van der Waals surface area contributed by atoms with Crippen LogP contribution in [-0.4, -0.2) is 21.4 Å². The van der Waals surface area contributed by atoms with Crippen LogP contribution in [-0.2, 0) is 9.53 Å². The van der Waals surface area contributed by atoms with E-state index in [9.17, 15) is 4.79 Å². The van der Waals surface area contributed by atoms with Gasteiger partial charge < -0.3 is 4.74 Å². The lowest BCUT2D eigenvalue weighted by molar-refractivity contribution is -0.139. The van der Waals surface area contributed by atoms with Crippen LogP contribution in [0.15, 0.2) is 72.8 Å². The van der Waals surface area contributed by atoms with Crippen molar-refractivity contribution in [2.75, 3.05) is 6.61 Å². The molecule has 0 bridgehead atoms. The molecule has 0 aliphatic rings. The Hall–Kier alpha value is -2.13. The van der Waals surface area contributed by atoms with Gasteiger partial charge in [-0.3, -0.25) is 0 Å². The number of carbonyl (C=O) groups excluding carboxylic acids is 1. The lowest BCUT2D eigenvalue weighted by Crippen LogP contribution is -2.41. The third-order valence-electron chi connectivity index (χ3n) is 3.87. The Morgan fingerprint density at radius 3 is 1.96 bits per heavy atom. The lowest BCUT2D eigenvalue weighted by Gasteiger charge is -2.16. The van der Waals surface area contributed by atoms with Gasteiger partial charge in [-0.1, -0.05) is 90.1 Å². The molecule has 0 N–H and O–H groups in total. The monoisotopic (exact) mass is 324 g/mol. The number of esters is 1. The second-order valence-corrected chi connectivity index (χ2v) is 8.80. The maximum absolute atomic E-state index is 11.4. The van der Waals surface area contributed by atoms with Gasteiger partial charge in [0.25, 0.3) is 0 Å². The first-order chi connectivity index (χ1) is 11.2. The van der Waals surface area contributed by atoms with Crippen molar-refractivity contribution in [1.82, 2.24) is 0 Å². The SMILES string of the molecule is C=C(C)C(=O)OCCCC[SiH](c1ccccc1)c1ccccc1. The molecule has 2 rings (SSSR count). The zero-order valence-electron chi connectivity index (χ0n) is 13.7. The van der Waals surface area contributed by atoms with Crippen LogP contribution in [0.4, 0.5) is 0 Å². The van der Waals surface area contributed by atoms with Crippen LogP contribution in [0.3, 0.4) is 0 Å². The molecule has 0 saturated carbocycles. The molecule has 0 aromatic heterocycles. The summed E-state index contributed by atoms with van der Waals surface area (Å²) in [6.07, 6.45) is 1.98. The van der Waals surface area contributed by atoms with Crippen molar-refractivity contribution in [3.8, 4) is 0 Å². The molecule has 2 aromatic carbocycles. The van der Waals surface area contributed by atoms with Crippen LogP contribution in [0.1, 0.15) is 19.8 Å². The first kappa shape index (κ1) is 17.2. The minimum absolute atomic E-state index is 0.287. The summed E-state index contributed by atoms with van der Waals surface area (Å²) < 4.78 is 5.17. The van der Waals surface area contributed by atoms with Gasteiger partial charge in [0.05, 0.1) is 6.61 Å². The quantitative estimate of drug-likeness (QED) is 0.323. The molecule has 0 heterocycles. The van der Waals surface area contributed by atoms with Crippen LogP contribution in [0.5, 0.6) is 0 Å². The Balaban J connectivity index is 1.92. The van der Waals surface area contributed by atoms with E-state index in [0.29, 0.717) is 12.2 Å². The van der Waals surface area contributed by atoms with Gasteiger partial charge in [0, 0.05) is 5.57 Å². The Morgan fingerprint density at radius 1 is 0.957 bits per heavy atom. The summed E-state index contributed by atoms with van der Waals surface area (Å²) in [5.41, 5.74) is 0.464. The zero-order valence-corrected chi connectivity index (χ0v) is 14.9. The molecule has 0 atom stereocenters. The van der Waals surface area contributed by atoms with Crippen LogP contribution in [0, 0.1) is 0 Å². The summed E-state index contributed by atoms with van der Waals surface area (Å²) in [6, 6.07) is 22.7. The number of carbonyl (C=O) groups is 1. The summed E-state index contributed by atoms with van der Waals surface area (Å²) in [5, 5.41) is 2.94. The van der Waals surface area contributed by atoms with E-state index in [0.717, 1.165) is 12.8 Å². The van der Waals surface area contributed by atoms with Crippen molar-refractivity contribution in [3.05, 3.63) is 72.8 Å². The summed E-state index contributed by atoms with van der Waals surface area (Å²) in [5.74, 6) is -0.287. The van der Waals surface area contributed by atoms with Gasteiger partial charge in [0.1, 0.15) is 8.80 Å². The van der Waals surface area contributed by atoms with Gasteiger partial charge in [0.15, 0.2) is 0 Å². The molecule has 23 heavy (non-hydrogen) atoms. The van der Waals surface area contributed by atoms with Crippen molar-refractivity contribution in [2.45, 2.75) is 25.8 Å². The van der Waals surface area contributed by atoms with E-state index in [-0.39, 0.29) is 5.97 Å². The Bertz CT molecular complexity index is 583. The molecule has 0 spiro atoms. The Labute approximate surface area is 140 Å². The number of benzene rings is 2. The van der Waals surface area contributed by atoms with E-state index in [1.807, 2.05) is 0 Å². The fourth-order valence-corrected chi connectivity index (χ4v) is 5.76. The second kappa shape index (κ2) is 9.11. The second-order valence-electron chi connectivity index (χ2n) is 5.79. The first-order valence-corrected chi connectivity index (χ1v) is 10.1. The third kappa shape index (κ3) is 5.53. The van der Waals surface area contributed by atoms with E-state index < -0.39 is 8.80 Å². The largest absolute Gasteiger partial charge is 0.462 e. The van der Waals surface area contributed by atoms with E-state index in [1.165, 1.54) is 16.4 Å². The summed E-state index contributed by atoms with van der Waals surface area (Å²) in [7, 11) is -1.20. The lowest BCUT2D eigenvalue weighted by atomic mass is 10.3. The van der Waals surface area contributed by atoms with Gasteiger partial charge in [-0.25, -0.2) is 4.79 Å². The van der Waals surface area contributed by atoms with Crippen molar-refractivity contribution in [3.63, 3.8) is 0 Å². The standard InChI is InChI=1S/C20H24O2Si/c1-17(2)20(21)22-15-9-10-16-23(18-11-5-3-6-12-18)19-13-7-4-8-14-19/h3-8,11-14,23H,1,9-10,15-16H2,2H3. The van der Waals surface area contributed by atoms with Gasteiger partial charge in [-0.15, -0.1) is 0 Å². The average Bonchev–Trinajstić information content (AvgIpc) is 2.59. The number of rotatable bonds is 8. The third-order valence-corrected chi connectivity index (χ3v) is 7.24. The van der Waals surface area contributed by atoms with Crippen LogP contribution in [0.2, 0.25) is 6.04 Å². The van der Waals surface area contributed by atoms with Crippen LogP contribution < -0.4 is 10.4 Å². The predicted octanol–water partition coefficient (Wildman–Crippen LogP) is 2.93. The zero-order chi connectivity index (χ0) is 16.5. The van der Waals surface area contributed by atoms with Crippen molar-refractivity contribution in [2.24, 2.45) is 0 Å². The molecule has 0 saturated heterocycles. The molecule has 0 aliphatic heterocycles. The average molecular weight is 324 g/mol. The van der Waals surface area contributed by atoms with Crippen molar-refractivity contribution >= 4 is 25.1 Å². The molecule has 120 valence electrons. The van der Waals surface area contributed by atoms with Gasteiger partial charge in [-0.05, 0) is 13.3 Å². The number of hydrogen-bond acceptors (Lipinski definition) is 2. The molecule has 0 radical (unpaired) electrons. The fraction of sp³-hybridized carbons (Fsp3) is 0.250. The van der Waals surface area contributed by atoms with E-state index >= 15 is 0 Å². The van der Waals surface area contributed by atoms with Crippen molar-refractivity contribution in [1.29, 1.82) is 0 Å². The molecule has 0 fully saturated rings. The predicted molar refractivity (Wildman–Crippen MR) is 99.1 cm³/mol. The topological polar surface area (TPSA) is 26.3 Å². The minimum atomic E-state index is -1.20. The van der Waals surface area contributed by atoms with Crippen LogP contribution in [0.25, 0.3) is 0 Å². The Kier molecular flexibility index (Phi) is 6.82. The maximum atomic E-state index is 11.4. The van der Waals surface area contributed by atoms with Crippen molar-refractivity contribution < 1.29 is 9.53 Å². The first-order valence-electron chi connectivity index (χ1n) is 8.11. The molecule has 3 heteroatoms.